The summed E-state index contributed by atoms with van der Waals surface area (Å²) in [7, 11) is 0. The normalized spacial score (nSPS) is 14.6. The summed E-state index contributed by atoms with van der Waals surface area (Å²) in [6.07, 6.45) is 1.46. The minimum absolute atomic E-state index is 0.0237. The maximum atomic E-state index is 13.6. The Morgan fingerprint density at radius 3 is 2.50 bits per heavy atom. The fraction of sp³-hybridized carbons (Fsp3) is 0.333. The van der Waals surface area contributed by atoms with Crippen LogP contribution in [0.5, 0.6) is 5.75 Å². The van der Waals surface area contributed by atoms with E-state index in [1.54, 1.807) is 21.7 Å². The topological polar surface area (TPSA) is 101 Å². The molecule has 0 fully saturated rings. The molecular formula is C27H32N6O3. The van der Waals surface area contributed by atoms with Crippen LogP contribution in [0.25, 0.3) is 0 Å². The van der Waals surface area contributed by atoms with Crippen LogP contribution in [0.3, 0.4) is 0 Å². The Labute approximate surface area is 211 Å². The summed E-state index contributed by atoms with van der Waals surface area (Å²) in [5.41, 5.74) is 4.98. The van der Waals surface area contributed by atoms with Gasteiger partial charge in [0.15, 0.2) is 6.61 Å². The van der Waals surface area contributed by atoms with Gasteiger partial charge in [0.2, 0.25) is 5.95 Å². The number of carbonyl (C=O) groups excluding carboxylic acids is 2. The van der Waals surface area contributed by atoms with Crippen LogP contribution in [-0.4, -0.2) is 51.2 Å². The van der Waals surface area contributed by atoms with Crippen LogP contribution in [0.4, 0.5) is 11.6 Å². The Kier molecular flexibility index (Phi) is 7.38. The average Bonchev–Trinajstić information content (AvgIpc) is 3.34. The predicted molar refractivity (Wildman–Crippen MR) is 139 cm³/mol. The molecule has 0 aliphatic carbocycles. The number of hydrogen-bond acceptors (Lipinski definition) is 6. The second-order valence-corrected chi connectivity index (χ2v) is 8.72. The molecule has 0 radical (unpaired) electrons. The fourth-order valence-corrected chi connectivity index (χ4v) is 4.33. The molecule has 9 heteroatoms. The molecule has 188 valence electrons. The molecule has 2 aromatic carbocycles. The van der Waals surface area contributed by atoms with Crippen molar-refractivity contribution < 1.29 is 14.3 Å². The Morgan fingerprint density at radius 2 is 1.81 bits per heavy atom. The molecule has 1 aliphatic rings. The average molecular weight is 489 g/mol. The summed E-state index contributed by atoms with van der Waals surface area (Å²) in [4.78, 5) is 31.9. The van der Waals surface area contributed by atoms with Gasteiger partial charge in [-0.1, -0.05) is 24.3 Å². The Morgan fingerprint density at radius 1 is 1.08 bits per heavy atom. The predicted octanol–water partition coefficient (Wildman–Crippen LogP) is 4.07. The number of anilines is 2. The minimum Gasteiger partial charge on any atom is -0.484 e. The lowest BCUT2D eigenvalue weighted by atomic mass is 9.94. The first-order chi connectivity index (χ1) is 17.3. The number of carbonyl (C=O) groups is 2. The molecule has 9 nitrogen and oxygen atoms in total. The number of ether oxygens (including phenoxy) is 1. The number of hydrogen-bond donors (Lipinski definition) is 2. The van der Waals surface area contributed by atoms with E-state index in [1.807, 2.05) is 65.0 Å². The molecule has 0 bridgehead atoms. The van der Waals surface area contributed by atoms with E-state index >= 15 is 0 Å². The summed E-state index contributed by atoms with van der Waals surface area (Å²) < 4.78 is 7.42. The first-order valence-corrected chi connectivity index (χ1v) is 12.1. The van der Waals surface area contributed by atoms with Gasteiger partial charge in [-0.2, -0.15) is 10.1 Å². The largest absolute Gasteiger partial charge is 0.484 e. The lowest BCUT2D eigenvalue weighted by molar-refractivity contribution is -0.133. The number of aryl methyl sites for hydroxylation is 1. The Balaban J connectivity index is 1.60. The first-order valence-electron chi connectivity index (χ1n) is 12.1. The van der Waals surface area contributed by atoms with Crippen LogP contribution >= 0.6 is 0 Å². The number of rotatable bonds is 8. The molecule has 1 aromatic heterocycles. The monoisotopic (exact) mass is 488 g/mol. The van der Waals surface area contributed by atoms with Crippen LogP contribution in [0, 0.1) is 13.8 Å². The number of aromatic nitrogens is 3. The van der Waals surface area contributed by atoms with Gasteiger partial charge in [0.25, 0.3) is 11.8 Å². The molecular weight excluding hydrogens is 456 g/mol. The van der Waals surface area contributed by atoms with E-state index in [-0.39, 0.29) is 18.4 Å². The highest BCUT2D eigenvalue weighted by Crippen LogP contribution is 2.36. The van der Waals surface area contributed by atoms with E-state index in [0.717, 1.165) is 22.4 Å². The smallest absolute Gasteiger partial charge is 0.260 e. The zero-order valence-electron chi connectivity index (χ0n) is 21.3. The highest BCUT2D eigenvalue weighted by Gasteiger charge is 2.33. The van der Waals surface area contributed by atoms with Gasteiger partial charge in [0.1, 0.15) is 18.1 Å². The minimum atomic E-state index is -0.486. The van der Waals surface area contributed by atoms with E-state index in [2.05, 4.69) is 20.7 Å². The third-order valence-corrected chi connectivity index (χ3v) is 6.57. The number of amides is 2. The molecule has 4 rings (SSSR count). The lowest BCUT2D eigenvalue weighted by Crippen LogP contribution is -2.34. The van der Waals surface area contributed by atoms with E-state index < -0.39 is 6.04 Å². The van der Waals surface area contributed by atoms with Gasteiger partial charge in [-0.15, -0.1) is 0 Å². The van der Waals surface area contributed by atoms with E-state index in [9.17, 15) is 9.59 Å². The third kappa shape index (κ3) is 4.95. The third-order valence-electron chi connectivity index (χ3n) is 6.57. The number of nitrogens with one attached hydrogen (secondary N) is 2. The van der Waals surface area contributed by atoms with Gasteiger partial charge in [-0.3, -0.25) is 9.59 Å². The van der Waals surface area contributed by atoms with Gasteiger partial charge in [-0.05, 0) is 69.5 Å². The van der Waals surface area contributed by atoms with Crippen molar-refractivity contribution in [3.8, 4) is 5.75 Å². The van der Waals surface area contributed by atoms with Gasteiger partial charge >= 0.3 is 0 Å². The molecule has 0 spiro atoms. The van der Waals surface area contributed by atoms with Crippen molar-refractivity contribution in [2.24, 2.45) is 0 Å². The highest BCUT2D eigenvalue weighted by molar-refractivity contribution is 6.06. The first kappa shape index (κ1) is 25.0. The number of benzene rings is 2. The van der Waals surface area contributed by atoms with E-state index in [4.69, 9.17) is 4.74 Å². The standard InChI is InChI=1S/C27H32N6O3/c1-6-32(7-2)23(34)15-36-21-13-11-20(12-14-21)25-24(19(5)30-27-28-16-29-33(25)27)26(35)31-22-10-8-9-17(3)18(22)4/h8-14,16,25H,6-7,15H2,1-5H3,(H,31,35)(H,28,29,30). The fourth-order valence-electron chi connectivity index (χ4n) is 4.33. The Bertz CT molecular complexity index is 1290. The van der Waals surface area contributed by atoms with Crippen LogP contribution in [0.1, 0.15) is 43.5 Å². The maximum Gasteiger partial charge on any atom is 0.260 e. The van der Waals surface area contributed by atoms with Crippen LogP contribution in [-0.2, 0) is 9.59 Å². The molecule has 1 atom stereocenters. The van der Waals surface area contributed by atoms with Crippen LogP contribution in [0.15, 0.2) is 60.1 Å². The Hall–Kier alpha value is -4.14. The lowest BCUT2D eigenvalue weighted by Gasteiger charge is -2.29. The second-order valence-electron chi connectivity index (χ2n) is 8.72. The number of allylic oxidation sites excluding steroid dienone is 1. The molecule has 1 unspecified atom stereocenters. The molecule has 2 N–H and O–H groups in total. The van der Waals surface area contributed by atoms with Crippen molar-refractivity contribution >= 4 is 23.5 Å². The molecule has 0 saturated heterocycles. The van der Waals surface area contributed by atoms with Crippen molar-refractivity contribution in [2.45, 2.75) is 40.7 Å². The molecule has 3 aromatic rings. The molecule has 2 amide bonds. The second kappa shape index (κ2) is 10.6. The van der Waals surface area contributed by atoms with Crippen molar-refractivity contribution in [1.29, 1.82) is 0 Å². The summed E-state index contributed by atoms with van der Waals surface area (Å²) in [6, 6.07) is 12.7. The van der Waals surface area contributed by atoms with Gasteiger partial charge in [0.05, 0.1) is 5.57 Å². The zero-order chi connectivity index (χ0) is 25.8. The SMILES string of the molecule is CCN(CC)C(=O)COc1ccc(C2C(C(=O)Nc3cccc(C)c3C)=C(C)Nc3ncnn32)cc1. The number of likely N-dealkylation sites (N-methyl/N-ethyl adjacent to an activating group) is 1. The number of fused-ring (bicyclic) bond motifs is 1. The summed E-state index contributed by atoms with van der Waals surface area (Å²) in [6.45, 7) is 11.0. The summed E-state index contributed by atoms with van der Waals surface area (Å²) in [5.74, 6) is 0.865. The maximum absolute atomic E-state index is 13.6. The quantitative estimate of drug-likeness (QED) is 0.496. The van der Waals surface area contributed by atoms with Gasteiger partial charge in [-0.25, -0.2) is 4.68 Å². The zero-order valence-corrected chi connectivity index (χ0v) is 21.3. The summed E-state index contributed by atoms with van der Waals surface area (Å²) in [5, 5.41) is 10.7. The van der Waals surface area contributed by atoms with Gasteiger partial charge < -0.3 is 20.3 Å². The molecule has 36 heavy (non-hydrogen) atoms. The highest BCUT2D eigenvalue weighted by atomic mass is 16.5. The number of nitrogens with zero attached hydrogens (tertiary/aromatic N) is 4. The van der Waals surface area contributed by atoms with E-state index in [0.29, 0.717) is 36.1 Å². The molecule has 2 heterocycles. The van der Waals surface area contributed by atoms with Crippen LogP contribution < -0.4 is 15.4 Å². The van der Waals surface area contributed by atoms with Gasteiger partial charge in [0, 0.05) is 24.5 Å². The van der Waals surface area contributed by atoms with Crippen molar-refractivity contribution in [2.75, 3.05) is 30.3 Å². The van der Waals surface area contributed by atoms with Crippen molar-refractivity contribution in [3.63, 3.8) is 0 Å². The molecule has 1 aliphatic heterocycles. The van der Waals surface area contributed by atoms with Crippen LogP contribution in [0.2, 0.25) is 0 Å². The van der Waals surface area contributed by atoms with Crippen molar-refractivity contribution in [1.82, 2.24) is 19.7 Å². The summed E-state index contributed by atoms with van der Waals surface area (Å²) >= 11 is 0. The molecule has 0 saturated carbocycles. The van der Waals surface area contributed by atoms with Crippen molar-refractivity contribution in [3.05, 3.63) is 76.8 Å². The van der Waals surface area contributed by atoms with E-state index in [1.165, 1.54) is 6.33 Å².